The van der Waals surface area contributed by atoms with Gasteiger partial charge in [0.05, 0.1) is 19.2 Å². The molecule has 1 fully saturated rings. The van der Waals surface area contributed by atoms with E-state index in [0.29, 0.717) is 17.7 Å². The van der Waals surface area contributed by atoms with E-state index in [0.717, 1.165) is 27.6 Å². The topological polar surface area (TPSA) is 104 Å². The highest BCUT2D eigenvalue weighted by atomic mass is 19.1. The SMILES string of the molecule is COc1ccc(Cc2cn([C@@H]3O[C@H](CO)[C@@H](O)[C@H](O)[C@H]3O)c3c(C)ccc(C)c23)c(F)c1. The Labute approximate surface area is 185 Å². The lowest BCUT2D eigenvalue weighted by atomic mass is 9.98. The van der Waals surface area contributed by atoms with Crippen LogP contribution in [0.2, 0.25) is 0 Å². The average molecular weight is 445 g/mol. The van der Waals surface area contributed by atoms with E-state index in [1.54, 1.807) is 22.9 Å². The largest absolute Gasteiger partial charge is 0.497 e. The maximum absolute atomic E-state index is 14.7. The van der Waals surface area contributed by atoms with Crippen molar-refractivity contribution in [3.63, 3.8) is 0 Å². The molecule has 0 radical (unpaired) electrons. The Bertz CT molecular complexity index is 1130. The maximum atomic E-state index is 14.7. The zero-order valence-corrected chi connectivity index (χ0v) is 18.2. The lowest BCUT2D eigenvalue weighted by Gasteiger charge is -2.40. The van der Waals surface area contributed by atoms with Gasteiger partial charge in [0, 0.05) is 24.1 Å². The molecule has 8 heteroatoms. The van der Waals surface area contributed by atoms with Crippen molar-refractivity contribution in [2.75, 3.05) is 13.7 Å². The lowest BCUT2D eigenvalue weighted by molar-refractivity contribution is -0.250. The monoisotopic (exact) mass is 445 g/mol. The average Bonchev–Trinajstić information content (AvgIpc) is 3.16. The van der Waals surface area contributed by atoms with Gasteiger partial charge in [0.25, 0.3) is 0 Å². The number of halogens is 1. The summed E-state index contributed by atoms with van der Waals surface area (Å²) in [7, 11) is 1.48. The van der Waals surface area contributed by atoms with Crippen LogP contribution in [0.1, 0.15) is 28.5 Å². The molecule has 1 aliphatic rings. The van der Waals surface area contributed by atoms with Crippen molar-refractivity contribution in [1.82, 2.24) is 4.57 Å². The molecule has 0 saturated carbocycles. The number of nitrogens with zero attached hydrogens (tertiary/aromatic N) is 1. The van der Waals surface area contributed by atoms with Gasteiger partial charge < -0.3 is 34.5 Å². The number of benzene rings is 2. The van der Waals surface area contributed by atoms with Gasteiger partial charge in [-0.3, -0.25) is 0 Å². The van der Waals surface area contributed by atoms with Gasteiger partial charge in [-0.25, -0.2) is 4.39 Å². The predicted molar refractivity (Wildman–Crippen MR) is 116 cm³/mol. The Hall–Kier alpha value is -2.49. The minimum absolute atomic E-state index is 0.293. The molecule has 172 valence electrons. The molecule has 32 heavy (non-hydrogen) atoms. The maximum Gasteiger partial charge on any atom is 0.163 e. The molecule has 4 rings (SSSR count). The number of hydrogen-bond acceptors (Lipinski definition) is 6. The number of aromatic nitrogens is 1. The smallest absolute Gasteiger partial charge is 0.163 e. The fourth-order valence-corrected chi connectivity index (χ4v) is 4.48. The van der Waals surface area contributed by atoms with Crippen molar-refractivity contribution in [3.05, 3.63) is 64.6 Å². The first-order valence-electron chi connectivity index (χ1n) is 10.5. The highest BCUT2D eigenvalue weighted by molar-refractivity contribution is 5.90. The molecular weight excluding hydrogens is 417 g/mol. The van der Waals surface area contributed by atoms with E-state index in [-0.39, 0.29) is 5.82 Å². The van der Waals surface area contributed by atoms with Crippen molar-refractivity contribution in [2.24, 2.45) is 0 Å². The number of ether oxygens (including phenoxy) is 2. The first kappa shape index (κ1) is 22.7. The quantitative estimate of drug-likeness (QED) is 0.479. The summed E-state index contributed by atoms with van der Waals surface area (Å²) < 4.78 is 27.3. The highest BCUT2D eigenvalue weighted by Crippen LogP contribution is 2.36. The lowest BCUT2D eigenvalue weighted by Crippen LogP contribution is -2.56. The Morgan fingerprint density at radius 3 is 2.38 bits per heavy atom. The van der Waals surface area contributed by atoms with E-state index in [9.17, 15) is 24.8 Å². The molecule has 4 N–H and O–H groups in total. The van der Waals surface area contributed by atoms with E-state index in [1.165, 1.54) is 13.2 Å². The second-order valence-electron chi connectivity index (χ2n) is 8.34. The molecule has 7 nitrogen and oxygen atoms in total. The van der Waals surface area contributed by atoms with Gasteiger partial charge in [-0.2, -0.15) is 0 Å². The number of aliphatic hydroxyl groups is 4. The molecule has 1 aromatic heterocycles. The molecule has 5 atom stereocenters. The molecule has 0 aliphatic carbocycles. The van der Waals surface area contributed by atoms with Gasteiger partial charge in [0.1, 0.15) is 36.0 Å². The van der Waals surface area contributed by atoms with Gasteiger partial charge in [-0.05, 0) is 42.2 Å². The van der Waals surface area contributed by atoms with Gasteiger partial charge in [-0.1, -0.05) is 18.2 Å². The minimum Gasteiger partial charge on any atom is -0.497 e. The molecule has 1 saturated heterocycles. The molecule has 3 aromatic rings. The van der Waals surface area contributed by atoms with Crippen LogP contribution in [0.25, 0.3) is 10.9 Å². The summed E-state index contributed by atoms with van der Waals surface area (Å²) in [4.78, 5) is 0. The van der Waals surface area contributed by atoms with E-state index < -0.39 is 37.3 Å². The highest BCUT2D eigenvalue weighted by Gasteiger charge is 2.44. The zero-order valence-electron chi connectivity index (χ0n) is 18.2. The summed E-state index contributed by atoms with van der Waals surface area (Å²) in [5.41, 5.74) is 3.96. The normalized spacial score (nSPS) is 25.9. The number of rotatable bonds is 5. The van der Waals surface area contributed by atoms with Crippen LogP contribution in [0.5, 0.6) is 5.75 Å². The zero-order chi connectivity index (χ0) is 23.2. The van der Waals surface area contributed by atoms with E-state index in [1.807, 2.05) is 26.0 Å². The van der Waals surface area contributed by atoms with Crippen LogP contribution in [-0.2, 0) is 11.2 Å². The molecule has 2 aromatic carbocycles. The Balaban J connectivity index is 1.84. The van der Waals surface area contributed by atoms with Crippen LogP contribution >= 0.6 is 0 Å². The number of methoxy groups -OCH3 is 1. The standard InChI is InChI=1S/C24H28FNO6/c1-12-4-5-13(2)20-19(12)15(8-14-6-7-16(31-3)9-17(14)25)10-26(20)24-23(30)22(29)21(28)18(11-27)32-24/h4-7,9-10,18,21-24,27-30H,8,11H2,1-3H3/t18-,21-,22+,23-,24-/m1/s1. The van der Waals surface area contributed by atoms with Crippen molar-refractivity contribution in [3.8, 4) is 5.75 Å². The van der Waals surface area contributed by atoms with Crippen LogP contribution < -0.4 is 4.74 Å². The number of aryl methyl sites for hydroxylation is 2. The van der Waals surface area contributed by atoms with E-state index in [4.69, 9.17) is 9.47 Å². The van der Waals surface area contributed by atoms with Gasteiger partial charge >= 0.3 is 0 Å². The number of aliphatic hydroxyl groups excluding tert-OH is 4. The van der Waals surface area contributed by atoms with Crippen molar-refractivity contribution >= 4 is 10.9 Å². The third-order valence-electron chi connectivity index (χ3n) is 6.24. The second kappa shape index (κ2) is 8.80. The fourth-order valence-electron chi connectivity index (χ4n) is 4.48. The Morgan fingerprint density at radius 1 is 1.00 bits per heavy atom. The fraction of sp³-hybridized carbons (Fsp3) is 0.417. The minimum atomic E-state index is -1.49. The Morgan fingerprint density at radius 2 is 1.72 bits per heavy atom. The van der Waals surface area contributed by atoms with Gasteiger partial charge in [-0.15, -0.1) is 0 Å². The van der Waals surface area contributed by atoms with Crippen molar-refractivity contribution in [2.45, 2.75) is 50.9 Å². The Kier molecular flexibility index (Phi) is 6.24. The molecule has 0 unspecified atom stereocenters. The molecular formula is C24H28FNO6. The molecule has 0 amide bonds. The predicted octanol–water partition coefficient (Wildman–Crippen LogP) is 1.97. The third kappa shape index (κ3) is 3.78. The van der Waals surface area contributed by atoms with E-state index in [2.05, 4.69) is 0 Å². The summed E-state index contributed by atoms with van der Waals surface area (Å²) in [6, 6.07) is 8.63. The molecule has 0 bridgehead atoms. The third-order valence-corrected chi connectivity index (χ3v) is 6.24. The first-order valence-corrected chi connectivity index (χ1v) is 10.5. The summed E-state index contributed by atoms with van der Waals surface area (Å²) >= 11 is 0. The summed E-state index contributed by atoms with van der Waals surface area (Å²) in [5, 5.41) is 41.6. The van der Waals surface area contributed by atoms with Crippen LogP contribution in [-0.4, -0.2) is 63.1 Å². The first-order chi connectivity index (χ1) is 15.3. The van der Waals surface area contributed by atoms with E-state index >= 15 is 0 Å². The summed E-state index contributed by atoms with van der Waals surface area (Å²) in [6.07, 6.45) is -4.35. The van der Waals surface area contributed by atoms with Crippen LogP contribution in [0.3, 0.4) is 0 Å². The van der Waals surface area contributed by atoms with Gasteiger partial charge in [0.15, 0.2) is 6.23 Å². The van der Waals surface area contributed by atoms with Crippen LogP contribution in [0, 0.1) is 19.7 Å². The van der Waals surface area contributed by atoms with Crippen LogP contribution in [0.4, 0.5) is 4.39 Å². The summed E-state index contributed by atoms with van der Waals surface area (Å²) in [5.74, 6) is 0.0467. The number of fused-ring (bicyclic) bond motifs is 1. The molecule has 2 heterocycles. The second-order valence-corrected chi connectivity index (χ2v) is 8.34. The van der Waals surface area contributed by atoms with Gasteiger partial charge in [0.2, 0.25) is 0 Å². The van der Waals surface area contributed by atoms with Crippen molar-refractivity contribution < 1.29 is 34.3 Å². The van der Waals surface area contributed by atoms with Crippen LogP contribution in [0.15, 0.2) is 36.5 Å². The molecule has 0 spiro atoms. The summed E-state index contributed by atoms with van der Waals surface area (Å²) in [6.45, 7) is 3.36. The van der Waals surface area contributed by atoms with Crippen molar-refractivity contribution in [1.29, 1.82) is 0 Å². The molecule has 1 aliphatic heterocycles. The number of hydrogen-bond donors (Lipinski definition) is 4.